The van der Waals surface area contributed by atoms with Gasteiger partial charge in [-0.05, 0) is 67.1 Å². The molecule has 3 heteroatoms. The molecule has 2 saturated carbocycles. The average molecular weight is 299 g/mol. The van der Waals surface area contributed by atoms with Crippen molar-refractivity contribution >= 4 is 11.5 Å². The second kappa shape index (κ2) is 4.82. The number of hydrogen-bond acceptors (Lipinski definition) is 3. The van der Waals surface area contributed by atoms with Crippen molar-refractivity contribution in [3.63, 3.8) is 0 Å². The topological polar surface area (TPSA) is 63.3 Å². The highest BCUT2D eigenvalue weighted by molar-refractivity contribution is 5.87. The van der Waals surface area contributed by atoms with Crippen LogP contribution in [0.25, 0.3) is 0 Å². The quantitative estimate of drug-likeness (QED) is 0.783. The van der Waals surface area contributed by atoms with E-state index in [1.165, 1.54) is 17.5 Å². The van der Waals surface area contributed by atoms with E-state index in [2.05, 4.69) is 19.1 Å². The molecule has 0 radical (unpaired) electrons. The minimum absolute atomic E-state index is 0.0163. The fraction of sp³-hybridized carbons (Fsp3) is 0.632. The lowest BCUT2D eigenvalue weighted by molar-refractivity contribution is -0.129. The minimum Gasteiger partial charge on any atom is -0.398 e. The van der Waals surface area contributed by atoms with Crippen LogP contribution in [-0.4, -0.2) is 10.9 Å². The van der Waals surface area contributed by atoms with Gasteiger partial charge in [-0.1, -0.05) is 13.0 Å². The molecule has 0 bridgehead atoms. The van der Waals surface area contributed by atoms with E-state index in [1.807, 2.05) is 0 Å². The van der Waals surface area contributed by atoms with Gasteiger partial charge in [-0.25, -0.2) is 0 Å². The summed E-state index contributed by atoms with van der Waals surface area (Å²) in [4.78, 5) is 12.3. The van der Waals surface area contributed by atoms with Crippen LogP contribution >= 0.6 is 0 Å². The number of nitrogen functional groups attached to an aromatic ring is 1. The van der Waals surface area contributed by atoms with Crippen molar-refractivity contribution in [2.45, 2.75) is 58.0 Å². The number of hydrogen-bond donors (Lipinski definition) is 2. The summed E-state index contributed by atoms with van der Waals surface area (Å²) in [6.45, 7) is 2.23. The fourth-order valence-electron chi connectivity index (χ4n) is 5.60. The number of anilines is 1. The van der Waals surface area contributed by atoms with Crippen LogP contribution in [0.2, 0.25) is 0 Å². The number of carbonyl (C=O) groups excluding carboxylic acids is 1. The van der Waals surface area contributed by atoms with E-state index in [0.717, 1.165) is 43.4 Å². The summed E-state index contributed by atoms with van der Waals surface area (Å²) in [5.41, 5.74) is 10.4. The normalized spacial score (nSPS) is 36.6. The molecule has 4 unspecified atom stereocenters. The van der Waals surface area contributed by atoms with Gasteiger partial charge in [0.25, 0.3) is 0 Å². The maximum absolute atomic E-state index is 12.3. The minimum atomic E-state index is -0.0603. The molecule has 4 atom stereocenters. The highest BCUT2D eigenvalue weighted by Crippen LogP contribution is 2.59. The average Bonchev–Trinajstić information content (AvgIpc) is 2.82. The number of carbonyl (C=O) groups is 1. The number of fused-ring (bicyclic) bond motifs is 5. The van der Waals surface area contributed by atoms with E-state index >= 15 is 0 Å². The maximum atomic E-state index is 12.3. The number of benzene rings is 1. The number of ketones is 1. The van der Waals surface area contributed by atoms with Crippen molar-refractivity contribution in [2.24, 2.45) is 17.3 Å². The van der Waals surface area contributed by atoms with Gasteiger partial charge < -0.3 is 10.8 Å². The summed E-state index contributed by atoms with van der Waals surface area (Å²) in [5.74, 6) is 2.25. The van der Waals surface area contributed by atoms with E-state index in [9.17, 15) is 9.90 Å². The van der Waals surface area contributed by atoms with Gasteiger partial charge in [-0.2, -0.15) is 0 Å². The summed E-state index contributed by atoms with van der Waals surface area (Å²) in [7, 11) is 0. The van der Waals surface area contributed by atoms with E-state index in [4.69, 9.17) is 5.73 Å². The molecule has 0 aliphatic heterocycles. The molecular weight excluding hydrogens is 274 g/mol. The van der Waals surface area contributed by atoms with Crippen LogP contribution in [-0.2, 0) is 17.8 Å². The zero-order valence-corrected chi connectivity index (χ0v) is 13.3. The molecule has 0 saturated heterocycles. The predicted molar refractivity (Wildman–Crippen MR) is 86.4 cm³/mol. The maximum Gasteiger partial charge on any atom is 0.139 e. The van der Waals surface area contributed by atoms with Crippen LogP contribution < -0.4 is 5.73 Å². The Morgan fingerprint density at radius 3 is 2.86 bits per heavy atom. The molecule has 0 spiro atoms. The third-order valence-corrected chi connectivity index (χ3v) is 6.86. The lowest BCUT2D eigenvalue weighted by atomic mass is 9.55. The molecule has 22 heavy (non-hydrogen) atoms. The van der Waals surface area contributed by atoms with Gasteiger partial charge in [-0.15, -0.1) is 0 Å². The van der Waals surface area contributed by atoms with Crippen molar-refractivity contribution in [3.8, 4) is 0 Å². The second-order valence-corrected chi connectivity index (χ2v) is 7.74. The molecule has 2 fully saturated rings. The summed E-state index contributed by atoms with van der Waals surface area (Å²) in [6, 6.07) is 4.21. The summed E-state index contributed by atoms with van der Waals surface area (Å²) >= 11 is 0. The number of aliphatic hydroxyl groups excluding tert-OH is 1. The summed E-state index contributed by atoms with van der Waals surface area (Å²) in [5, 5.41) is 9.42. The summed E-state index contributed by atoms with van der Waals surface area (Å²) < 4.78 is 0. The van der Waals surface area contributed by atoms with Crippen LogP contribution in [0.3, 0.4) is 0 Å². The second-order valence-electron chi connectivity index (χ2n) is 7.74. The van der Waals surface area contributed by atoms with E-state index in [1.54, 1.807) is 0 Å². The number of aliphatic hydroxyl groups is 1. The van der Waals surface area contributed by atoms with E-state index in [0.29, 0.717) is 23.5 Å². The van der Waals surface area contributed by atoms with Crippen molar-refractivity contribution in [3.05, 3.63) is 28.8 Å². The molecule has 118 valence electrons. The lowest BCUT2D eigenvalue weighted by Gasteiger charge is -2.48. The van der Waals surface area contributed by atoms with Crippen LogP contribution in [0.15, 0.2) is 12.1 Å². The Morgan fingerprint density at radius 2 is 2.09 bits per heavy atom. The molecule has 0 amide bonds. The molecular formula is C19H25NO2. The van der Waals surface area contributed by atoms with Crippen LogP contribution in [0, 0.1) is 17.3 Å². The van der Waals surface area contributed by atoms with E-state index < -0.39 is 0 Å². The van der Waals surface area contributed by atoms with Crippen LogP contribution in [0.1, 0.15) is 61.6 Å². The Balaban J connectivity index is 1.73. The predicted octanol–water partition coefficient (Wildman–Crippen LogP) is 3.19. The Bertz CT molecular complexity index is 639. The zero-order valence-electron chi connectivity index (χ0n) is 13.3. The monoisotopic (exact) mass is 299 g/mol. The van der Waals surface area contributed by atoms with Gasteiger partial charge in [0.15, 0.2) is 0 Å². The van der Waals surface area contributed by atoms with Gasteiger partial charge in [0.05, 0.1) is 6.61 Å². The summed E-state index contributed by atoms with van der Waals surface area (Å²) in [6.07, 6.45) is 6.23. The Labute approximate surface area is 131 Å². The smallest absolute Gasteiger partial charge is 0.139 e. The van der Waals surface area contributed by atoms with Crippen molar-refractivity contribution in [1.82, 2.24) is 0 Å². The standard InChI is InChI=1S/C19H25NO2/c1-19-7-6-13-14(16(19)4-5-18(19)22)3-2-11-8-12(10-21)17(20)9-15(11)13/h8-9,13-14,16,21H,2-7,10,20H2,1H3. The SMILES string of the molecule is CC12CCC3c4cc(N)c(CO)cc4CCC3C1CCC2=O. The van der Waals surface area contributed by atoms with Crippen LogP contribution in [0.4, 0.5) is 5.69 Å². The molecule has 3 N–H and O–H groups in total. The first kappa shape index (κ1) is 14.3. The number of rotatable bonds is 1. The number of nitrogens with two attached hydrogens (primary N) is 1. The van der Waals surface area contributed by atoms with Gasteiger partial charge in [0.2, 0.25) is 0 Å². The zero-order chi connectivity index (χ0) is 15.5. The first-order valence-corrected chi connectivity index (χ1v) is 8.60. The Morgan fingerprint density at radius 1 is 1.27 bits per heavy atom. The first-order chi connectivity index (χ1) is 10.5. The molecule has 3 aliphatic rings. The molecule has 3 aliphatic carbocycles. The molecule has 0 aromatic heterocycles. The third kappa shape index (κ3) is 1.81. The molecule has 3 nitrogen and oxygen atoms in total. The van der Waals surface area contributed by atoms with Crippen molar-refractivity contribution in [1.29, 1.82) is 0 Å². The van der Waals surface area contributed by atoms with Crippen molar-refractivity contribution in [2.75, 3.05) is 5.73 Å². The Hall–Kier alpha value is -1.35. The highest BCUT2D eigenvalue weighted by Gasteiger charge is 2.54. The molecule has 1 aromatic carbocycles. The lowest BCUT2D eigenvalue weighted by Crippen LogP contribution is -2.42. The van der Waals surface area contributed by atoms with Gasteiger partial charge in [0.1, 0.15) is 5.78 Å². The number of aryl methyl sites for hydroxylation is 1. The highest BCUT2D eigenvalue weighted by atomic mass is 16.3. The van der Waals surface area contributed by atoms with Gasteiger partial charge >= 0.3 is 0 Å². The molecule has 4 rings (SSSR count). The van der Waals surface area contributed by atoms with Gasteiger partial charge in [0, 0.05) is 23.1 Å². The first-order valence-electron chi connectivity index (χ1n) is 8.60. The fourth-order valence-corrected chi connectivity index (χ4v) is 5.60. The third-order valence-electron chi connectivity index (χ3n) is 6.86. The Kier molecular flexibility index (Phi) is 3.12. The molecule has 0 heterocycles. The van der Waals surface area contributed by atoms with Crippen molar-refractivity contribution < 1.29 is 9.90 Å². The largest absolute Gasteiger partial charge is 0.398 e. The van der Waals surface area contributed by atoms with E-state index in [-0.39, 0.29) is 12.0 Å². The van der Waals surface area contributed by atoms with Gasteiger partial charge in [-0.3, -0.25) is 4.79 Å². The number of Topliss-reactive ketones (excluding diaryl/α,β-unsaturated/α-hetero) is 1. The van der Waals surface area contributed by atoms with Crippen LogP contribution in [0.5, 0.6) is 0 Å². The molecule has 1 aromatic rings.